The molecule has 6 rings (SSSR count). The van der Waals surface area contributed by atoms with Gasteiger partial charge in [0, 0.05) is 31.0 Å². The fourth-order valence-electron chi connectivity index (χ4n) is 4.78. The standard InChI is InChI=1S/C26H25ClN10O2/c1-2-8-35-9-3-4-17(13-35)37-25-22(24(28)30-14-31-25)23(34-37)26(38)33-16-5-6-20(19(27)11-16)39-18-7-10-36-21(12-18)29-15-32-36/h2,5-8,10-12,14-15,17H,3-4,9,13H2,1H3,(H,33,38)(H2,28,30,31). The minimum Gasteiger partial charge on any atom is -0.456 e. The molecule has 39 heavy (non-hydrogen) atoms. The zero-order chi connectivity index (χ0) is 26.9. The number of amides is 1. The van der Waals surface area contributed by atoms with Crippen LogP contribution < -0.4 is 15.8 Å². The van der Waals surface area contributed by atoms with E-state index >= 15 is 0 Å². The average Bonchev–Trinajstić information content (AvgIpc) is 3.56. The van der Waals surface area contributed by atoms with Crippen LogP contribution in [0.3, 0.4) is 0 Å². The Morgan fingerprint density at radius 2 is 2.10 bits per heavy atom. The quantitative estimate of drug-likeness (QED) is 0.319. The Balaban J connectivity index is 1.25. The van der Waals surface area contributed by atoms with Crippen molar-refractivity contribution in [2.75, 3.05) is 24.1 Å². The summed E-state index contributed by atoms with van der Waals surface area (Å²) in [5.41, 5.74) is 8.00. The van der Waals surface area contributed by atoms with Crippen LogP contribution in [0.4, 0.5) is 11.5 Å². The molecule has 0 aliphatic carbocycles. The van der Waals surface area contributed by atoms with Crippen molar-refractivity contribution < 1.29 is 9.53 Å². The summed E-state index contributed by atoms with van der Waals surface area (Å²) in [5.74, 6) is 0.735. The number of pyridine rings is 1. The van der Waals surface area contributed by atoms with Gasteiger partial charge in [-0.1, -0.05) is 17.7 Å². The molecule has 0 radical (unpaired) electrons. The molecule has 0 saturated carbocycles. The first-order valence-corrected chi connectivity index (χ1v) is 12.8. The van der Waals surface area contributed by atoms with Crippen LogP contribution in [-0.2, 0) is 0 Å². The van der Waals surface area contributed by atoms with Crippen LogP contribution in [-0.4, -0.2) is 58.2 Å². The lowest BCUT2D eigenvalue weighted by Gasteiger charge is -2.32. The number of likely N-dealkylation sites (tertiary alicyclic amines) is 1. The summed E-state index contributed by atoms with van der Waals surface area (Å²) in [6.45, 7) is 3.72. The zero-order valence-corrected chi connectivity index (χ0v) is 21.8. The minimum atomic E-state index is -0.441. The highest BCUT2D eigenvalue weighted by Gasteiger charge is 2.27. The molecule has 1 unspecified atom stereocenters. The second-order valence-corrected chi connectivity index (χ2v) is 9.56. The van der Waals surface area contributed by atoms with E-state index in [4.69, 9.17) is 22.1 Å². The van der Waals surface area contributed by atoms with Gasteiger partial charge in [-0.2, -0.15) is 10.2 Å². The first kappa shape index (κ1) is 24.6. The van der Waals surface area contributed by atoms with Crippen molar-refractivity contribution >= 4 is 45.7 Å². The molecule has 1 saturated heterocycles. The van der Waals surface area contributed by atoms with Crippen LogP contribution in [0.2, 0.25) is 5.02 Å². The number of carbonyl (C=O) groups excluding carboxylic acids is 1. The summed E-state index contributed by atoms with van der Waals surface area (Å²) in [4.78, 5) is 28.3. The Bertz CT molecular complexity index is 1710. The molecule has 1 amide bonds. The van der Waals surface area contributed by atoms with Crippen molar-refractivity contribution in [3.63, 3.8) is 0 Å². The first-order valence-electron chi connectivity index (χ1n) is 12.4. The summed E-state index contributed by atoms with van der Waals surface area (Å²) in [7, 11) is 0. The van der Waals surface area contributed by atoms with Gasteiger partial charge in [0.05, 0.1) is 16.5 Å². The highest BCUT2D eigenvalue weighted by molar-refractivity contribution is 6.32. The molecule has 13 heteroatoms. The number of piperidine rings is 1. The Morgan fingerprint density at radius 1 is 1.21 bits per heavy atom. The maximum Gasteiger partial charge on any atom is 0.277 e. The van der Waals surface area contributed by atoms with E-state index in [1.807, 2.05) is 13.0 Å². The van der Waals surface area contributed by atoms with Crippen molar-refractivity contribution in [2.45, 2.75) is 25.8 Å². The summed E-state index contributed by atoms with van der Waals surface area (Å²) in [6.07, 6.45) is 10.6. The molecule has 5 heterocycles. The summed E-state index contributed by atoms with van der Waals surface area (Å²) in [5, 5.41) is 12.4. The summed E-state index contributed by atoms with van der Waals surface area (Å²) in [6, 6.07) is 8.53. The van der Waals surface area contributed by atoms with E-state index in [-0.39, 0.29) is 17.6 Å². The highest BCUT2D eigenvalue weighted by Crippen LogP contribution is 2.33. The number of rotatable bonds is 6. The largest absolute Gasteiger partial charge is 0.456 e. The number of aromatic nitrogens is 7. The highest BCUT2D eigenvalue weighted by atomic mass is 35.5. The Kier molecular flexibility index (Phi) is 6.45. The zero-order valence-electron chi connectivity index (χ0n) is 21.0. The normalized spacial score (nSPS) is 15.8. The number of anilines is 2. The topological polar surface area (TPSA) is 141 Å². The first-order chi connectivity index (χ1) is 19.0. The van der Waals surface area contributed by atoms with Crippen LogP contribution in [0.25, 0.3) is 16.7 Å². The number of ether oxygens (including phenoxy) is 1. The van der Waals surface area contributed by atoms with Gasteiger partial charge in [-0.05, 0) is 50.2 Å². The van der Waals surface area contributed by atoms with Crippen LogP contribution in [0.5, 0.6) is 11.5 Å². The fraction of sp³-hybridized carbons (Fsp3) is 0.231. The monoisotopic (exact) mass is 544 g/mol. The van der Waals surface area contributed by atoms with Gasteiger partial charge in [0.1, 0.15) is 30.0 Å². The molecule has 12 nitrogen and oxygen atoms in total. The van der Waals surface area contributed by atoms with Crippen LogP contribution in [0.15, 0.2) is 61.5 Å². The number of nitrogens with two attached hydrogens (primary N) is 1. The van der Waals surface area contributed by atoms with E-state index in [1.165, 1.54) is 12.7 Å². The van der Waals surface area contributed by atoms with Crippen LogP contribution in [0, 0.1) is 0 Å². The third-order valence-corrected chi connectivity index (χ3v) is 6.83. The SMILES string of the molecule is CC=CN1CCCC(n2nc(C(=O)Nc3ccc(Oc4ccn5ncnc5c4)c(Cl)c3)c3c(N)ncnc32)C1. The molecule has 1 aliphatic rings. The molecule has 1 atom stereocenters. The van der Waals surface area contributed by atoms with Crippen molar-refractivity contribution in [1.82, 2.24) is 39.2 Å². The number of hydrogen-bond acceptors (Lipinski definition) is 9. The smallest absolute Gasteiger partial charge is 0.277 e. The maximum absolute atomic E-state index is 13.4. The van der Waals surface area contributed by atoms with Gasteiger partial charge in [0.25, 0.3) is 5.91 Å². The second-order valence-electron chi connectivity index (χ2n) is 9.15. The lowest BCUT2D eigenvalue weighted by molar-refractivity contribution is 0.102. The average molecular weight is 545 g/mol. The predicted molar refractivity (Wildman–Crippen MR) is 147 cm³/mol. The van der Waals surface area contributed by atoms with E-state index in [9.17, 15) is 4.79 Å². The molecule has 0 spiro atoms. The van der Waals surface area contributed by atoms with Crippen molar-refractivity contribution in [3.05, 3.63) is 72.2 Å². The fourth-order valence-corrected chi connectivity index (χ4v) is 5.00. The Labute approximate surface area is 228 Å². The van der Waals surface area contributed by atoms with Gasteiger partial charge < -0.3 is 20.7 Å². The molecular weight excluding hydrogens is 520 g/mol. The minimum absolute atomic E-state index is 0.0381. The number of nitrogen functional groups attached to an aromatic ring is 1. The number of halogens is 1. The molecule has 4 aromatic heterocycles. The van der Waals surface area contributed by atoms with Gasteiger partial charge in [-0.3, -0.25) is 4.79 Å². The second kappa shape index (κ2) is 10.2. The third-order valence-electron chi connectivity index (χ3n) is 6.54. The van der Waals surface area contributed by atoms with Gasteiger partial charge in [0.15, 0.2) is 17.0 Å². The van der Waals surface area contributed by atoms with Gasteiger partial charge >= 0.3 is 0 Å². The maximum atomic E-state index is 13.4. The van der Waals surface area contributed by atoms with Crippen molar-refractivity contribution in [3.8, 4) is 11.5 Å². The van der Waals surface area contributed by atoms with E-state index in [0.717, 1.165) is 25.9 Å². The molecule has 1 aliphatic heterocycles. The van der Waals surface area contributed by atoms with Gasteiger partial charge in [-0.25, -0.2) is 24.1 Å². The molecular formula is C26H25ClN10O2. The van der Waals surface area contributed by atoms with Crippen LogP contribution in [0.1, 0.15) is 36.3 Å². The molecule has 198 valence electrons. The van der Waals surface area contributed by atoms with E-state index in [1.54, 1.807) is 45.7 Å². The lowest BCUT2D eigenvalue weighted by Crippen LogP contribution is -2.33. The summed E-state index contributed by atoms with van der Waals surface area (Å²) >= 11 is 6.49. The van der Waals surface area contributed by atoms with Crippen molar-refractivity contribution in [2.24, 2.45) is 0 Å². The summed E-state index contributed by atoms with van der Waals surface area (Å²) < 4.78 is 9.34. The third kappa shape index (κ3) is 4.81. The molecule has 1 aromatic carbocycles. The molecule has 1 fully saturated rings. The molecule has 5 aromatic rings. The number of allylic oxidation sites excluding steroid dienone is 1. The van der Waals surface area contributed by atoms with Gasteiger partial charge in [-0.15, -0.1) is 0 Å². The van der Waals surface area contributed by atoms with Gasteiger partial charge in [0.2, 0.25) is 0 Å². The number of benzene rings is 1. The number of carbonyl (C=O) groups is 1. The van der Waals surface area contributed by atoms with E-state index in [2.05, 4.69) is 41.6 Å². The Morgan fingerprint density at radius 3 is 2.95 bits per heavy atom. The molecule has 0 bridgehead atoms. The number of fused-ring (bicyclic) bond motifs is 2. The van der Waals surface area contributed by atoms with E-state index in [0.29, 0.717) is 38.9 Å². The number of hydrogen-bond donors (Lipinski definition) is 2. The number of nitrogens with zero attached hydrogens (tertiary/aromatic N) is 8. The van der Waals surface area contributed by atoms with Crippen molar-refractivity contribution in [1.29, 1.82) is 0 Å². The van der Waals surface area contributed by atoms with Crippen LogP contribution >= 0.6 is 11.6 Å². The van der Waals surface area contributed by atoms with E-state index < -0.39 is 5.91 Å². The lowest BCUT2D eigenvalue weighted by atomic mass is 10.1. The number of nitrogens with one attached hydrogen (secondary N) is 1. The predicted octanol–water partition coefficient (Wildman–Crippen LogP) is 4.32. The molecule has 3 N–H and O–H groups in total. The Hall–Kier alpha value is -4.71.